The number of hydrogen-bond acceptors (Lipinski definition) is 6. The third-order valence-electron chi connectivity index (χ3n) is 7.12. The van der Waals surface area contributed by atoms with Crippen LogP contribution in [0.3, 0.4) is 0 Å². The molecule has 5 rings (SSSR count). The van der Waals surface area contributed by atoms with Crippen molar-refractivity contribution >= 4 is 27.4 Å². The molecule has 14 heteroatoms. The minimum absolute atomic E-state index is 0.0263. The molecule has 1 atom stereocenters. The number of nitrogens with zero attached hydrogens (tertiary/aromatic N) is 2. The van der Waals surface area contributed by atoms with Gasteiger partial charge in [-0.15, -0.1) is 0 Å². The molecule has 2 aliphatic carbocycles. The Labute approximate surface area is 228 Å². The summed E-state index contributed by atoms with van der Waals surface area (Å²) in [5.41, 5.74) is -1.26. The van der Waals surface area contributed by atoms with E-state index in [0.29, 0.717) is 18.5 Å². The fourth-order valence-electron chi connectivity index (χ4n) is 4.74. The highest BCUT2D eigenvalue weighted by molar-refractivity contribution is 7.91. The summed E-state index contributed by atoms with van der Waals surface area (Å²) in [4.78, 5) is 26.5. The summed E-state index contributed by atoms with van der Waals surface area (Å²) in [6.07, 6.45) is -1.30. The number of alkyl halides is 3. The Hall–Kier alpha value is -3.42. The second-order valence-electron chi connectivity index (χ2n) is 10.6. The number of hydrogen-bond donors (Lipinski definition) is 2. The van der Waals surface area contributed by atoms with Crippen molar-refractivity contribution < 1.29 is 40.3 Å². The van der Waals surface area contributed by atoms with Gasteiger partial charge in [0.2, 0.25) is 10.0 Å². The zero-order valence-corrected chi connectivity index (χ0v) is 22.4. The van der Waals surface area contributed by atoms with Crippen LogP contribution in [0.25, 0.3) is 5.57 Å². The van der Waals surface area contributed by atoms with Crippen LogP contribution in [0.5, 0.6) is 5.75 Å². The van der Waals surface area contributed by atoms with Crippen LogP contribution in [-0.4, -0.2) is 48.0 Å². The smallest absolute Gasteiger partial charge is 0.389 e. The molecule has 2 heterocycles. The van der Waals surface area contributed by atoms with E-state index in [9.17, 15) is 31.2 Å². The van der Waals surface area contributed by atoms with Gasteiger partial charge in [0.25, 0.3) is 11.8 Å². The van der Waals surface area contributed by atoms with E-state index in [-0.39, 0.29) is 42.4 Å². The van der Waals surface area contributed by atoms with Gasteiger partial charge in [-0.05, 0) is 51.2 Å². The summed E-state index contributed by atoms with van der Waals surface area (Å²) in [6.45, 7) is 1.30. The molecule has 1 aliphatic heterocycles. The molecule has 2 saturated carbocycles. The predicted octanol–water partition coefficient (Wildman–Crippen LogP) is 3.88. The van der Waals surface area contributed by atoms with Gasteiger partial charge in [0.05, 0.1) is 29.1 Å². The first-order valence-corrected chi connectivity index (χ1v) is 14.5. The van der Waals surface area contributed by atoms with Gasteiger partial charge in [-0.25, -0.2) is 17.5 Å². The second kappa shape index (κ2) is 10.2. The highest BCUT2D eigenvalue weighted by Gasteiger charge is 2.44. The molecule has 216 valence electrons. The topological polar surface area (TPSA) is 119 Å². The van der Waals surface area contributed by atoms with E-state index in [1.807, 2.05) is 4.72 Å². The quantitative estimate of drug-likeness (QED) is 0.249. The van der Waals surface area contributed by atoms with Crippen molar-refractivity contribution in [1.29, 1.82) is 0 Å². The molecule has 40 heavy (non-hydrogen) atoms. The SMILES string of the molecule is C[C@@]1(c2ccc(OCCCC(F)(F)F)cc2F)CC(c2ccn(C3CC3)n2)=C(C(=O)NS(=O)(=O)C2CC2)C(=O)N1. The number of benzene rings is 1. The molecule has 2 aromatic rings. The number of carbonyl (C=O) groups is 2. The summed E-state index contributed by atoms with van der Waals surface area (Å²) >= 11 is 0. The Balaban J connectivity index is 1.43. The van der Waals surface area contributed by atoms with Gasteiger partial charge < -0.3 is 10.1 Å². The molecule has 1 aromatic heterocycles. The van der Waals surface area contributed by atoms with Crippen LogP contribution in [0, 0.1) is 5.82 Å². The first kappa shape index (κ1) is 28.1. The largest absolute Gasteiger partial charge is 0.493 e. The van der Waals surface area contributed by atoms with Crippen molar-refractivity contribution in [2.24, 2.45) is 0 Å². The summed E-state index contributed by atoms with van der Waals surface area (Å²) in [7, 11) is -3.95. The van der Waals surface area contributed by atoms with E-state index in [0.717, 1.165) is 18.9 Å². The van der Waals surface area contributed by atoms with Crippen molar-refractivity contribution in [2.45, 2.75) is 74.9 Å². The summed E-state index contributed by atoms with van der Waals surface area (Å²) in [5.74, 6) is -2.72. The molecule has 2 N–H and O–H groups in total. The van der Waals surface area contributed by atoms with E-state index >= 15 is 4.39 Å². The molecule has 1 aromatic carbocycles. The average Bonchev–Trinajstić information content (AvgIpc) is 3.78. The number of aromatic nitrogens is 2. The van der Waals surface area contributed by atoms with Crippen molar-refractivity contribution in [2.75, 3.05) is 6.61 Å². The van der Waals surface area contributed by atoms with Gasteiger partial charge in [-0.2, -0.15) is 18.3 Å². The first-order valence-electron chi connectivity index (χ1n) is 12.9. The molecule has 2 fully saturated rings. The Morgan fingerprint density at radius 2 is 1.95 bits per heavy atom. The fraction of sp³-hybridized carbons (Fsp3) is 0.500. The van der Waals surface area contributed by atoms with E-state index < -0.39 is 56.6 Å². The number of halogens is 4. The number of ether oxygens (including phenoxy) is 1. The van der Waals surface area contributed by atoms with Crippen molar-refractivity contribution in [3.05, 3.63) is 53.1 Å². The summed E-state index contributed by atoms with van der Waals surface area (Å²) in [6, 6.07) is 5.60. The van der Waals surface area contributed by atoms with Gasteiger partial charge in [0, 0.05) is 36.2 Å². The van der Waals surface area contributed by atoms with Crippen molar-refractivity contribution in [3.63, 3.8) is 0 Å². The second-order valence-corrected chi connectivity index (χ2v) is 12.6. The molecule has 9 nitrogen and oxygen atoms in total. The minimum atomic E-state index is -4.32. The van der Waals surface area contributed by atoms with Crippen LogP contribution in [0.15, 0.2) is 36.0 Å². The number of carbonyl (C=O) groups excluding carboxylic acids is 2. The van der Waals surface area contributed by atoms with Gasteiger partial charge in [0.15, 0.2) is 0 Å². The fourth-order valence-corrected chi connectivity index (χ4v) is 6.02. The lowest BCUT2D eigenvalue weighted by Crippen LogP contribution is -2.51. The predicted molar refractivity (Wildman–Crippen MR) is 135 cm³/mol. The van der Waals surface area contributed by atoms with Crippen LogP contribution >= 0.6 is 0 Å². The van der Waals surface area contributed by atoms with E-state index in [1.54, 1.807) is 23.9 Å². The van der Waals surface area contributed by atoms with Crippen LogP contribution in [0.4, 0.5) is 17.6 Å². The molecule has 0 bridgehead atoms. The molecule has 0 unspecified atom stereocenters. The Morgan fingerprint density at radius 3 is 2.58 bits per heavy atom. The zero-order valence-electron chi connectivity index (χ0n) is 21.6. The van der Waals surface area contributed by atoms with Gasteiger partial charge >= 0.3 is 6.18 Å². The molecule has 3 aliphatic rings. The highest BCUT2D eigenvalue weighted by Crippen LogP contribution is 2.41. The van der Waals surface area contributed by atoms with E-state index in [2.05, 4.69) is 10.4 Å². The van der Waals surface area contributed by atoms with Gasteiger partial charge in [0.1, 0.15) is 17.1 Å². The van der Waals surface area contributed by atoms with Gasteiger partial charge in [-0.1, -0.05) is 6.07 Å². The minimum Gasteiger partial charge on any atom is -0.493 e. The standard InChI is InChI=1S/C26H28F4N4O5S/c1-25(19-8-5-16(13-20(19)27)39-12-2-10-26(28,29)30)14-18(21-9-11-34(32-21)15-3-4-15)22(23(35)31-25)24(36)33-40(37,38)17-6-7-17/h5,8-9,11,13,15,17H,2-4,6-7,10,12,14H2,1H3,(H,31,35)(H,33,36)/t25-/m0/s1. The number of sulfonamides is 1. The lowest BCUT2D eigenvalue weighted by Gasteiger charge is -2.37. The maximum Gasteiger partial charge on any atom is 0.389 e. The van der Waals surface area contributed by atoms with Crippen LogP contribution in [0.1, 0.15) is 69.2 Å². The Morgan fingerprint density at radius 1 is 1.23 bits per heavy atom. The number of nitrogens with one attached hydrogen (secondary N) is 2. The highest BCUT2D eigenvalue weighted by atomic mass is 32.2. The maximum atomic E-state index is 15.3. The van der Waals surface area contributed by atoms with Crippen LogP contribution < -0.4 is 14.8 Å². The Bertz CT molecular complexity index is 1480. The van der Waals surface area contributed by atoms with Crippen LogP contribution in [0.2, 0.25) is 0 Å². The summed E-state index contributed by atoms with van der Waals surface area (Å²) < 4.78 is 86.3. The normalized spacial score (nSPS) is 21.8. The molecular weight excluding hydrogens is 556 g/mol. The zero-order chi connectivity index (χ0) is 28.9. The number of amides is 2. The summed E-state index contributed by atoms with van der Waals surface area (Å²) in [5, 5.41) is 6.48. The lowest BCUT2D eigenvalue weighted by atomic mass is 9.79. The maximum absolute atomic E-state index is 15.3. The molecular formula is C26H28F4N4O5S. The van der Waals surface area contributed by atoms with Crippen LogP contribution in [-0.2, 0) is 25.2 Å². The van der Waals surface area contributed by atoms with Crippen molar-refractivity contribution in [3.8, 4) is 5.75 Å². The third-order valence-corrected chi connectivity index (χ3v) is 8.94. The first-order chi connectivity index (χ1) is 18.8. The average molecular weight is 585 g/mol. The van der Waals surface area contributed by atoms with Gasteiger partial charge in [-0.3, -0.25) is 14.3 Å². The molecule has 0 radical (unpaired) electrons. The molecule has 0 spiro atoms. The molecule has 0 saturated heterocycles. The van der Waals surface area contributed by atoms with E-state index in [4.69, 9.17) is 4.74 Å². The lowest BCUT2D eigenvalue weighted by molar-refractivity contribution is -0.136. The number of rotatable bonds is 10. The monoisotopic (exact) mass is 584 g/mol. The van der Waals surface area contributed by atoms with Crippen molar-refractivity contribution in [1.82, 2.24) is 19.8 Å². The van der Waals surface area contributed by atoms with E-state index in [1.165, 1.54) is 12.1 Å². The Kier molecular flexibility index (Phi) is 7.17. The third kappa shape index (κ3) is 6.16. The molecule has 2 amide bonds.